The SMILES string of the molecule is CCCC1(C)C(C)C(CC(C)(C)C)N1C=O. The lowest BCUT2D eigenvalue weighted by atomic mass is 9.64. The van der Waals surface area contributed by atoms with Crippen molar-refractivity contribution in [3.63, 3.8) is 0 Å². The summed E-state index contributed by atoms with van der Waals surface area (Å²) in [6.45, 7) is 13.5. The Bertz CT molecular complexity index is 256. The number of likely N-dealkylation sites (tertiary alicyclic amines) is 1. The molecule has 1 aliphatic heterocycles. The second kappa shape index (κ2) is 4.38. The molecule has 1 aliphatic rings. The predicted octanol–water partition coefficient (Wildman–Crippen LogP) is 3.46. The van der Waals surface area contributed by atoms with E-state index >= 15 is 0 Å². The van der Waals surface area contributed by atoms with Gasteiger partial charge in [-0.2, -0.15) is 0 Å². The summed E-state index contributed by atoms with van der Waals surface area (Å²) in [5, 5.41) is 0. The van der Waals surface area contributed by atoms with Crippen molar-refractivity contribution < 1.29 is 4.79 Å². The van der Waals surface area contributed by atoms with Crippen LogP contribution in [0, 0.1) is 11.3 Å². The molecule has 1 fully saturated rings. The third kappa shape index (κ3) is 2.26. The van der Waals surface area contributed by atoms with Crippen molar-refractivity contribution in [3.05, 3.63) is 0 Å². The van der Waals surface area contributed by atoms with Gasteiger partial charge >= 0.3 is 0 Å². The first-order chi connectivity index (χ1) is 7.26. The van der Waals surface area contributed by atoms with Gasteiger partial charge in [0.15, 0.2) is 0 Å². The minimum Gasteiger partial charge on any atom is -0.336 e. The maximum absolute atomic E-state index is 11.2. The van der Waals surface area contributed by atoms with Gasteiger partial charge in [0.1, 0.15) is 0 Å². The summed E-state index contributed by atoms with van der Waals surface area (Å²) < 4.78 is 0. The molecule has 0 aromatic rings. The second-order valence-electron chi connectivity index (χ2n) is 6.74. The Labute approximate surface area is 100 Å². The van der Waals surface area contributed by atoms with Gasteiger partial charge in [-0.3, -0.25) is 4.79 Å². The number of amides is 1. The maximum atomic E-state index is 11.2. The van der Waals surface area contributed by atoms with Crippen LogP contribution in [0.4, 0.5) is 0 Å². The van der Waals surface area contributed by atoms with Crippen molar-refractivity contribution in [2.75, 3.05) is 0 Å². The van der Waals surface area contributed by atoms with Gasteiger partial charge in [-0.1, -0.05) is 41.0 Å². The first-order valence-electron chi connectivity index (χ1n) is 6.50. The van der Waals surface area contributed by atoms with Gasteiger partial charge in [-0.15, -0.1) is 0 Å². The minimum atomic E-state index is 0.104. The zero-order valence-electron chi connectivity index (χ0n) is 11.7. The van der Waals surface area contributed by atoms with E-state index in [0.717, 1.165) is 25.7 Å². The Morgan fingerprint density at radius 2 is 1.94 bits per heavy atom. The predicted molar refractivity (Wildman–Crippen MR) is 68.2 cm³/mol. The molecule has 1 saturated heterocycles. The van der Waals surface area contributed by atoms with E-state index < -0.39 is 0 Å². The molecule has 94 valence electrons. The fourth-order valence-electron chi connectivity index (χ4n) is 3.15. The summed E-state index contributed by atoms with van der Waals surface area (Å²) >= 11 is 0. The van der Waals surface area contributed by atoms with Crippen LogP contribution in [0.15, 0.2) is 0 Å². The van der Waals surface area contributed by atoms with Crippen LogP contribution in [0.1, 0.15) is 60.8 Å². The van der Waals surface area contributed by atoms with Gasteiger partial charge in [0.25, 0.3) is 0 Å². The Morgan fingerprint density at radius 3 is 2.31 bits per heavy atom. The van der Waals surface area contributed by atoms with Crippen LogP contribution in [-0.2, 0) is 4.79 Å². The molecule has 3 atom stereocenters. The monoisotopic (exact) mass is 225 g/mol. The Morgan fingerprint density at radius 1 is 1.38 bits per heavy atom. The van der Waals surface area contributed by atoms with Crippen molar-refractivity contribution in [1.29, 1.82) is 0 Å². The molecule has 0 aromatic carbocycles. The van der Waals surface area contributed by atoms with Crippen LogP contribution >= 0.6 is 0 Å². The zero-order valence-corrected chi connectivity index (χ0v) is 11.7. The van der Waals surface area contributed by atoms with E-state index in [1.54, 1.807) is 0 Å². The molecule has 0 spiro atoms. The van der Waals surface area contributed by atoms with E-state index in [-0.39, 0.29) is 5.54 Å². The molecular formula is C14H27NO. The fraction of sp³-hybridized carbons (Fsp3) is 0.929. The van der Waals surface area contributed by atoms with Crippen LogP contribution in [0.2, 0.25) is 0 Å². The smallest absolute Gasteiger partial charge is 0.210 e. The van der Waals surface area contributed by atoms with Crippen LogP contribution < -0.4 is 0 Å². The lowest BCUT2D eigenvalue weighted by Crippen LogP contribution is -2.70. The second-order valence-corrected chi connectivity index (χ2v) is 6.74. The normalized spacial score (nSPS) is 34.8. The summed E-state index contributed by atoms with van der Waals surface area (Å²) in [7, 11) is 0. The van der Waals surface area contributed by atoms with Gasteiger partial charge in [0.2, 0.25) is 6.41 Å². The molecule has 1 heterocycles. The van der Waals surface area contributed by atoms with Crippen LogP contribution in [-0.4, -0.2) is 22.9 Å². The summed E-state index contributed by atoms with van der Waals surface area (Å²) in [4.78, 5) is 13.3. The fourth-order valence-corrected chi connectivity index (χ4v) is 3.15. The molecule has 0 N–H and O–H groups in total. The number of carbonyl (C=O) groups excluding carboxylic acids is 1. The highest BCUT2D eigenvalue weighted by Crippen LogP contribution is 2.47. The van der Waals surface area contributed by atoms with Gasteiger partial charge in [-0.25, -0.2) is 0 Å². The van der Waals surface area contributed by atoms with Crippen molar-refractivity contribution in [1.82, 2.24) is 4.90 Å². The average molecular weight is 225 g/mol. The summed E-state index contributed by atoms with van der Waals surface area (Å²) in [6.07, 6.45) is 4.43. The van der Waals surface area contributed by atoms with Gasteiger partial charge in [0, 0.05) is 11.6 Å². The largest absolute Gasteiger partial charge is 0.336 e. The first-order valence-corrected chi connectivity index (χ1v) is 6.50. The molecule has 0 aromatic heterocycles. The minimum absolute atomic E-state index is 0.104. The van der Waals surface area contributed by atoms with Crippen LogP contribution in [0.25, 0.3) is 0 Å². The quantitative estimate of drug-likeness (QED) is 0.671. The number of rotatable bonds is 4. The van der Waals surface area contributed by atoms with Crippen LogP contribution in [0.5, 0.6) is 0 Å². The van der Waals surface area contributed by atoms with E-state index in [2.05, 4.69) is 46.4 Å². The van der Waals surface area contributed by atoms with E-state index in [0.29, 0.717) is 17.4 Å². The molecule has 3 unspecified atom stereocenters. The summed E-state index contributed by atoms with van der Waals surface area (Å²) in [6, 6.07) is 0.439. The van der Waals surface area contributed by atoms with Crippen molar-refractivity contribution in [3.8, 4) is 0 Å². The lowest BCUT2D eigenvalue weighted by molar-refractivity contribution is -0.161. The molecule has 16 heavy (non-hydrogen) atoms. The van der Waals surface area contributed by atoms with E-state index in [1.165, 1.54) is 0 Å². The topological polar surface area (TPSA) is 20.3 Å². The number of hydrogen-bond donors (Lipinski definition) is 0. The first kappa shape index (κ1) is 13.5. The number of carbonyl (C=O) groups is 1. The third-order valence-corrected chi connectivity index (χ3v) is 4.20. The van der Waals surface area contributed by atoms with Gasteiger partial charge in [0.05, 0.1) is 0 Å². The Balaban J connectivity index is 2.74. The van der Waals surface area contributed by atoms with Crippen molar-refractivity contribution in [2.45, 2.75) is 72.4 Å². The zero-order chi connectivity index (χ0) is 12.6. The molecule has 1 amide bonds. The molecular weight excluding hydrogens is 198 g/mol. The third-order valence-electron chi connectivity index (χ3n) is 4.20. The molecule has 0 bridgehead atoms. The standard InChI is InChI=1S/C14H27NO/c1-7-8-14(6)11(2)12(15(14)10-16)9-13(3,4)5/h10-12H,7-9H2,1-6H3. The number of hydrogen-bond acceptors (Lipinski definition) is 1. The van der Waals surface area contributed by atoms with E-state index in [4.69, 9.17) is 0 Å². The van der Waals surface area contributed by atoms with Crippen LogP contribution in [0.3, 0.4) is 0 Å². The molecule has 2 heteroatoms. The molecule has 1 rings (SSSR count). The summed E-state index contributed by atoms with van der Waals surface area (Å²) in [5.41, 5.74) is 0.403. The Hall–Kier alpha value is -0.530. The Kier molecular flexibility index (Phi) is 3.71. The van der Waals surface area contributed by atoms with E-state index in [9.17, 15) is 4.79 Å². The highest BCUT2D eigenvalue weighted by Gasteiger charge is 2.54. The van der Waals surface area contributed by atoms with Gasteiger partial charge < -0.3 is 4.90 Å². The lowest BCUT2D eigenvalue weighted by Gasteiger charge is -2.62. The molecule has 2 nitrogen and oxygen atoms in total. The van der Waals surface area contributed by atoms with Crippen molar-refractivity contribution >= 4 is 6.41 Å². The maximum Gasteiger partial charge on any atom is 0.210 e. The average Bonchev–Trinajstić information content (AvgIpc) is 2.15. The highest BCUT2D eigenvalue weighted by atomic mass is 16.1. The molecule has 0 aliphatic carbocycles. The van der Waals surface area contributed by atoms with Crippen molar-refractivity contribution in [2.24, 2.45) is 11.3 Å². The molecule has 0 radical (unpaired) electrons. The number of nitrogens with zero attached hydrogens (tertiary/aromatic N) is 1. The van der Waals surface area contributed by atoms with E-state index in [1.807, 2.05) is 0 Å². The van der Waals surface area contributed by atoms with Gasteiger partial charge in [-0.05, 0) is 31.1 Å². The molecule has 0 saturated carbocycles. The summed E-state index contributed by atoms with van der Waals surface area (Å²) in [5.74, 6) is 0.622. The highest BCUT2D eigenvalue weighted by molar-refractivity contribution is 5.53.